The Balaban J connectivity index is 2.54. The maximum absolute atomic E-state index is 10.7. The lowest BCUT2D eigenvalue weighted by atomic mass is 10.0. The minimum Gasteiger partial charge on any atom is -0.454 e. The van der Waals surface area contributed by atoms with Crippen molar-refractivity contribution in [3.63, 3.8) is 0 Å². The first-order valence-corrected chi connectivity index (χ1v) is 6.15. The Morgan fingerprint density at radius 2 is 2.21 bits per heavy atom. The van der Waals surface area contributed by atoms with Crippen molar-refractivity contribution in [3.05, 3.63) is 35.1 Å². The molecule has 1 aromatic heterocycles. The highest BCUT2D eigenvalue weighted by Crippen LogP contribution is 2.27. The zero-order valence-corrected chi connectivity index (χ0v) is 11.3. The van der Waals surface area contributed by atoms with E-state index in [0.29, 0.717) is 11.5 Å². The molecular weight excluding hydrogens is 242 g/mol. The molecule has 2 rings (SSSR count). The number of rotatable bonds is 3. The zero-order valence-electron chi connectivity index (χ0n) is 11.3. The van der Waals surface area contributed by atoms with Gasteiger partial charge in [0.05, 0.1) is 0 Å². The number of nitrogens with zero attached hydrogens (tertiary/aromatic N) is 1. The van der Waals surface area contributed by atoms with Gasteiger partial charge in [-0.2, -0.15) is 5.10 Å². The summed E-state index contributed by atoms with van der Waals surface area (Å²) in [5.74, 6) is 0.692. The number of primary amides is 1. The van der Waals surface area contributed by atoms with Crippen LogP contribution in [0.3, 0.4) is 0 Å². The highest BCUT2D eigenvalue weighted by molar-refractivity contribution is 6.02. The quantitative estimate of drug-likeness (QED) is 0.656. The summed E-state index contributed by atoms with van der Waals surface area (Å²) in [5.41, 5.74) is 10.9. The number of urea groups is 1. The Morgan fingerprint density at radius 1 is 1.47 bits per heavy atom. The monoisotopic (exact) mass is 259 g/mol. The van der Waals surface area contributed by atoms with E-state index in [0.717, 1.165) is 23.0 Å². The molecular formula is C14H17N3O2. The van der Waals surface area contributed by atoms with Gasteiger partial charge in [-0.1, -0.05) is 18.6 Å². The normalized spacial score (nSPS) is 11.8. The van der Waals surface area contributed by atoms with E-state index in [4.69, 9.17) is 10.2 Å². The van der Waals surface area contributed by atoms with Gasteiger partial charge < -0.3 is 10.2 Å². The topological polar surface area (TPSA) is 80.6 Å². The molecule has 2 amide bonds. The molecule has 0 aliphatic heterocycles. The van der Waals surface area contributed by atoms with Crippen LogP contribution in [0.25, 0.3) is 11.0 Å². The molecule has 1 heterocycles. The largest absolute Gasteiger partial charge is 0.454 e. The number of carbonyl (C=O) groups is 1. The molecule has 0 aliphatic carbocycles. The molecule has 19 heavy (non-hydrogen) atoms. The van der Waals surface area contributed by atoms with E-state index < -0.39 is 6.03 Å². The van der Waals surface area contributed by atoms with Gasteiger partial charge in [0.1, 0.15) is 11.3 Å². The molecule has 0 unspecified atom stereocenters. The van der Waals surface area contributed by atoms with E-state index in [-0.39, 0.29) is 0 Å². The van der Waals surface area contributed by atoms with Gasteiger partial charge in [0.2, 0.25) is 0 Å². The molecule has 0 atom stereocenters. The predicted octanol–water partition coefficient (Wildman–Crippen LogP) is 2.70. The first-order chi connectivity index (χ1) is 9.02. The van der Waals surface area contributed by atoms with Crippen molar-refractivity contribution in [1.82, 2.24) is 5.43 Å². The van der Waals surface area contributed by atoms with Crippen molar-refractivity contribution in [2.24, 2.45) is 10.8 Å². The second-order valence-electron chi connectivity index (χ2n) is 4.44. The number of hydrogen-bond acceptors (Lipinski definition) is 3. The molecule has 100 valence electrons. The van der Waals surface area contributed by atoms with Crippen LogP contribution in [0.4, 0.5) is 4.79 Å². The lowest BCUT2D eigenvalue weighted by Gasteiger charge is -2.00. The van der Waals surface area contributed by atoms with Crippen molar-refractivity contribution in [2.45, 2.75) is 27.2 Å². The predicted molar refractivity (Wildman–Crippen MR) is 75.3 cm³/mol. The average molecular weight is 259 g/mol. The number of furan rings is 1. The Bertz CT molecular complexity index is 656. The fraction of sp³-hybridized carbons (Fsp3) is 0.286. The standard InChI is InChI=1S/C14H17N3O2/c1-4-10-11-7-8(2)5-6-12(11)19-13(10)9(3)16-17-14(15)18/h5-7H,4H2,1-3H3,(H3,15,17,18)/b16-9+. The molecule has 3 N–H and O–H groups in total. The SMILES string of the molecule is CCc1c(/C(C)=N/NC(N)=O)oc2ccc(C)cc12. The number of amides is 2. The Labute approximate surface area is 111 Å². The van der Waals surface area contributed by atoms with Crippen LogP contribution in [0.1, 0.15) is 30.7 Å². The Morgan fingerprint density at radius 3 is 2.84 bits per heavy atom. The van der Waals surface area contributed by atoms with E-state index in [9.17, 15) is 4.79 Å². The smallest absolute Gasteiger partial charge is 0.332 e. The third-order valence-corrected chi connectivity index (χ3v) is 2.96. The minimum atomic E-state index is -0.690. The van der Waals surface area contributed by atoms with Crippen LogP contribution in [0, 0.1) is 6.92 Å². The van der Waals surface area contributed by atoms with Crippen LogP contribution in [-0.4, -0.2) is 11.7 Å². The lowest BCUT2D eigenvalue weighted by molar-refractivity contribution is 0.249. The fourth-order valence-electron chi connectivity index (χ4n) is 2.10. The van der Waals surface area contributed by atoms with Crippen LogP contribution in [0.2, 0.25) is 0 Å². The molecule has 5 nitrogen and oxygen atoms in total. The third kappa shape index (κ3) is 2.59. The number of carbonyl (C=O) groups excluding carboxylic acids is 1. The number of benzene rings is 1. The lowest BCUT2D eigenvalue weighted by Crippen LogP contribution is -2.25. The summed E-state index contributed by atoms with van der Waals surface area (Å²) in [6, 6.07) is 5.35. The summed E-state index contributed by atoms with van der Waals surface area (Å²) < 4.78 is 5.82. The highest BCUT2D eigenvalue weighted by Gasteiger charge is 2.15. The molecule has 2 aromatic rings. The van der Waals surface area contributed by atoms with Gasteiger partial charge in [0.15, 0.2) is 5.76 Å². The molecule has 0 aliphatic rings. The summed E-state index contributed by atoms with van der Waals surface area (Å²) in [6.07, 6.45) is 0.829. The van der Waals surface area contributed by atoms with Crippen molar-refractivity contribution in [2.75, 3.05) is 0 Å². The van der Waals surface area contributed by atoms with E-state index in [1.165, 1.54) is 5.56 Å². The van der Waals surface area contributed by atoms with Gasteiger partial charge in [-0.25, -0.2) is 10.2 Å². The maximum Gasteiger partial charge on any atom is 0.332 e. The van der Waals surface area contributed by atoms with Crippen molar-refractivity contribution < 1.29 is 9.21 Å². The van der Waals surface area contributed by atoms with Crippen LogP contribution in [0.15, 0.2) is 27.7 Å². The number of hydrazone groups is 1. The van der Waals surface area contributed by atoms with Gasteiger partial charge in [0, 0.05) is 10.9 Å². The molecule has 1 aromatic carbocycles. The number of nitrogens with one attached hydrogen (secondary N) is 1. The summed E-state index contributed by atoms with van der Waals surface area (Å²) in [6.45, 7) is 5.88. The van der Waals surface area contributed by atoms with E-state index >= 15 is 0 Å². The summed E-state index contributed by atoms with van der Waals surface area (Å²) in [7, 11) is 0. The zero-order chi connectivity index (χ0) is 14.0. The van der Waals surface area contributed by atoms with Gasteiger partial charge in [-0.3, -0.25) is 0 Å². The van der Waals surface area contributed by atoms with Crippen molar-refractivity contribution in [1.29, 1.82) is 0 Å². The third-order valence-electron chi connectivity index (χ3n) is 2.96. The molecule has 5 heteroatoms. The van der Waals surface area contributed by atoms with Crippen molar-refractivity contribution >= 4 is 22.7 Å². The molecule has 0 bridgehead atoms. The van der Waals surface area contributed by atoms with Crippen LogP contribution in [0.5, 0.6) is 0 Å². The van der Waals surface area contributed by atoms with Gasteiger partial charge in [0.25, 0.3) is 0 Å². The molecule has 0 radical (unpaired) electrons. The first kappa shape index (κ1) is 13.1. The minimum absolute atomic E-state index is 0.601. The summed E-state index contributed by atoms with van der Waals surface area (Å²) in [5, 5.41) is 5.01. The van der Waals surface area contributed by atoms with Crippen LogP contribution in [-0.2, 0) is 6.42 Å². The number of hydrogen-bond donors (Lipinski definition) is 2. The van der Waals surface area contributed by atoms with E-state index in [1.807, 2.05) is 19.1 Å². The second-order valence-corrected chi connectivity index (χ2v) is 4.44. The molecule has 0 spiro atoms. The van der Waals surface area contributed by atoms with Gasteiger partial charge in [-0.05, 0) is 32.4 Å². The van der Waals surface area contributed by atoms with Gasteiger partial charge >= 0.3 is 6.03 Å². The number of nitrogens with two attached hydrogens (primary N) is 1. The number of fused-ring (bicyclic) bond motifs is 1. The molecule has 0 fully saturated rings. The Kier molecular flexibility index (Phi) is 3.55. The van der Waals surface area contributed by atoms with Crippen molar-refractivity contribution in [3.8, 4) is 0 Å². The molecule has 0 saturated heterocycles. The van der Waals surface area contributed by atoms with E-state index in [2.05, 4.69) is 23.5 Å². The summed E-state index contributed by atoms with van der Waals surface area (Å²) >= 11 is 0. The van der Waals surface area contributed by atoms with E-state index in [1.54, 1.807) is 6.92 Å². The second kappa shape index (κ2) is 5.14. The van der Waals surface area contributed by atoms with Crippen LogP contribution >= 0.6 is 0 Å². The molecule has 0 saturated carbocycles. The fourth-order valence-corrected chi connectivity index (χ4v) is 2.10. The average Bonchev–Trinajstić information content (AvgIpc) is 2.73. The maximum atomic E-state index is 10.7. The summed E-state index contributed by atoms with van der Waals surface area (Å²) in [4.78, 5) is 10.7. The number of aryl methyl sites for hydroxylation is 2. The van der Waals surface area contributed by atoms with Crippen LogP contribution < -0.4 is 11.2 Å². The highest BCUT2D eigenvalue weighted by atomic mass is 16.3. The van der Waals surface area contributed by atoms with Gasteiger partial charge in [-0.15, -0.1) is 0 Å². The first-order valence-electron chi connectivity index (χ1n) is 6.15. The Hall–Kier alpha value is -2.30.